The van der Waals surface area contributed by atoms with E-state index >= 15 is 0 Å². The Morgan fingerprint density at radius 3 is 2.05 bits per heavy atom. The first-order valence-electron chi connectivity index (χ1n) is 7.46. The Morgan fingerprint density at radius 2 is 1.67 bits per heavy atom. The molecule has 0 aromatic heterocycles. The van der Waals surface area contributed by atoms with Gasteiger partial charge < -0.3 is 9.84 Å². The summed E-state index contributed by atoms with van der Waals surface area (Å²) in [5.74, 6) is -1.42. The van der Waals surface area contributed by atoms with Crippen molar-refractivity contribution in [3.05, 3.63) is 0 Å². The van der Waals surface area contributed by atoms with E-state index < -0.39 is 28.6 Å². The molecule has 1 fully saturated rings. The zero-order valence-electron chi connectivity index (χ0n) is 14.5. The number of hydrogen-bond donors (Lipinski definition) is 1. The van der Waals surface area contributed by atoms with Crippen LogP contribution in [0.25, 0.3) is 0 Å². The summed E-state index contributed by atoms with van der Waals surface area (Å²) in [7, 11) is 0. The van der Waals surface area contributed by atoms with Gasteiger partial charge in [0.05, 0.1) is 5.92 Å². The van der Waals surface area contributed by atoms with Crippen LogP contribution in [0.4, 0.5) is 4.79 Å². The summed E-state index contributed by atoms with van der Waals surface area (Å²) in [5.41, 5.74) is -1.73. The van der Waals surface area contributed by atoms with Gasteiger partial charge in [-0.15, -0.1) is 0 Å². The number of hydrogen-bond acceptors (Lipinski definition) is 3. The summed E-state index contributed by atoms with van der Waals surface area (Å²) in [6.45, 7) is 15.0. The van der Waals surface area contributed by atoms with E-state index in [1.807, 2.05) is 55.4 Å². The Balaban J connectivity index is 3.19. The van der Waals surface area contributed by atoms with E-state index in [0.29, 0.717) is 6.42 Å². The molecule has 0 saturated carbocycles. The van der Waals surface area contributed by atoms with Crippen LogP contribution in [0.2, 0.25) is 0 Å². The van der Waals surface area contributed by atoms with E-state index in [1.165, 1.54) is 0 Å². The van der Waals surface area contributed by atoms with Crippen molar-refractivity contribution in [1.82, 2.24) is 4.90 Å². The lowest BCUT2D eigenvalue weighted by Gasteiger charge is -2.57. The second-order valence-corrected chi connectivity index (χ2v) is 8.22. The first kappa shape index (κ1) is 17.8. The van der Waals surface area contributed by atoms with Gasteiger partial charge in [0.2, 0.25) is 0 Å². The van der Waals surface area contributed by atoms with Gasteiger partial charge in [-0.05, 0) is 60.8 Å². The maximum absolute atomic E-state index is 12.6. The summed E-state index contributed by atoms with van der Waals surface area (Å²) >= 11 is 0. The van der Waals surface area contributed by atoms with Crippen LogP contribution in [0.15, 0.2) is 0 Å². The molecule has 0 radical (unpaired) electrons. The number of likely N-dealkylation sites (tertiary alicyclic amines) is 1. The van der Waals surface area contributed by atoms with Gasteiger partial charge in [-0.3, -0.25) is 9.69 Å². The first-order chi connectivity index (χ1) is 9.20. The molecule has 0 aromatic rings. The number of carboxylic acids is 1. The third kappa shape index (κ3) is 3.50. The van der Waals surface area contributed by atoms with Gasteiger partial charge in [0.25, 0.3) is 0 Å². The van der Waals surface area contributed by atoms with E-state index in [0.717, 1.165) is 0 Å². The molecule has 0 aromatic carbocycles. The molecule has 2 unspecified atom stereocenters. The minimum absolute atomic E-state index is 0.157. The van der Waals surface area contributed by atoms with Gasteiger partial charge in [-0.1, -0.05) is 6.92 Å². The third-order valence-corrected chi connectivity index (χ3v) is 4.51. The quantitative estimate of drug-likeness (QED) is 0.804. The Bertz CT molecular complexity index is 434. The van der Waals surface area contributed by atoms with Crippen molar-refractivity contribution >= 4 is 12.1 Å². The largest absolute Gasteiger partial charge is 0.481 e. The fourth-order valence-corrected chi connectivity index (χ4v) is 3.37. The van der Waals surface area contributed by atoms with Crippen molar-refractivity contribution < 1.29 is 19.4 Å². The van der Waals surface area contributed by atoms with Crippen molar-refractivity contribution in [3.63, 3.8) is 0 Å². The van der Waals surface area contributed by atoms with E-state index in [1.54, 1.807) is 4.90 Å². The molecule has 0 spiro atoms. The maximum Gasteiger partial charge on any atom is 0.411 e. The van der Waals surface area contributed by atoms with Gasteiger partial charge in [0.1, 0.15) is 5.60 Å². The van der Waals surface area contributed by atoms with Gasteiger partial charge in [-0.2, -0.15) is 0 Å². The molecule has 1 heterocycles. The van der Waals surface area contributed by atoms with E-state index in [9.17, 15) is 14.7 Å². The monoisotopic (exact) mass is 299 g/mol. The Hall–Kier alpha value is -1.26. The smallest absolute Gasteiger partial charge is 0.411 e. The number of amides is 1. The van der Waals surface area contributed by atoms with E-state index in [2.05, 4.69) is 0 Å². The normalized spacial score (nSPS) is 28.1. The van der Waals surface area contributed by atoms with Gasteiger partial charge >= 0.3 is 12.1 Å². The average molecular weight is 299 g/mol. The van der Waals surface area contributed by atoms with Crippen molar-refractivity contribution in [3.8, 4) is 0 Å². The number of nitrogens with zero attached hydrogens (tertiary/aromatic N) is 1. The Morgan fingerprint density at radius 1 is 1.19 bits per heavy atom. The molecule has 21 heavy (non-hydrogen) atoms. The van der Waals surface area contributed by atoms with Crippen LogP contribution in [0.1, 0.15) is 61.8 Å². The van der Waals surface area contributed by atoms with Crippen LogP contribution in [0.3, 0.4) is 0 Å². The lowest BCUT2D eigenvalue weighted by Crippen LogP contribution is -2.67. The molecule has 1 N–H and O–H groups in total. The molecule has 1 aliphatic heterocycles. The van der Waals surface area contributed by atoms with Gasteiger partial charge in [-0.25, -0.2) is 4.79 Å². The van der Waals surface area contributed by atoms with Crippen LogP contribution in [0.5, 0.6) is 0 Å². The molecule has 1 rings (SSSR count). The van der Waals surface area contributed by atoms with Gasteiger partial charge in [0.15, 0.2) is 0 Å². The van der Waals surface area contributed by atoms with Crippen LogP contribution < -0.4 is 0 Å². The summed E-state index contributed by atoms with van der Waals surface area (Å²) in [6, 6.07) is 0. The molecule has 1 saturated heterocycles. The predicted molar refractivity (Wildman–Crippen MR) is 81.1 cm³/mol. The highest BCUT2D eigenvalue weighted by Crippen LogP contribution is 2.45. The first-order valence-corrected chi connectivity index (χ1v) is 7.46. The fourth-order valence-electron chi connectivity index (χ4n) is 3.37. The third-order valence-electron chi connectivity index (χ3n) is 4.51. The molecule has 5 nitrogen and oxygen atoms in total. The number of rotatable bonds is 1. The summed E-state index contributed by atoms with van der Waals surface area (Å²) in [5, 5.41) is 9.45. The molecule has 0 bridgehead atoms. The highest BCUT2D eigenvalue weighted by atomic mass is 16.6. The molecule has 5 heteroatoms. The molecule has 0 aliphatic carbocycles. The van der Waals surface area contributed by atoms with Crippen LogP contribution >= 0.6 is 0 Å². The molecule has 1 amide bonds. The minimum atomic E-state index is -0.799. The van der Waals surface area contributed by atoms with Gasteiger partial charge in [0, 0.05) is 11.1 Å². The summed E-state index contributed by atoms with van der Waals surface area (Å²) < 4.78 is 5.53. The molecular weight excluding hydrogens is 270 g/mol. The number of aliphatic carboxylic acids is 1. The fraction of sp³-hybridized carbons (Fsp3) is 0.875. The van der Waals surface area contributed by atoms with Crippen LogP contribution in [-0.2, 0) is 9.53 Å². The molecular formula is C16H29NO4. The Labute approximate surface area is 127 Å². The van der Waals surface area contributed by atoms with Crippen molar-refractivity contribution in [2.75, 3.05) is 0 Å². The van der Waals surface area contributed by atoms with Crippen molar-refractivity contribution in [1.29, 1.82) is 0 Å². The topological polar surface area (TPSA) is 66.8 Å². The lowest BCUT2D eigenvalue weighted by atomic mass is 9.67. The van der Waals surface area contributed by atoms with Crippen molar-refractivity contribution in [2.45, 2.75) is 78.5 Å². The maximum atomic E-state index is 12.6. The lowest BCUT2D eigenvalue weighted by molar-refractivity contribution is -0.156. The molecule has 2 atom stereocenters. The number of piperidine rings is 1. The standard InChI is InChI=1S/C16H29NO4/c1-10-11(12(18)19)9-15(5,6)17(16(10,7)8)13(20)21-14(2,3)4/h10-11H,9H2,1-8H3,(H,18,19). The zero-order chi connectivity index (χ0) is 16.8. The Kier molecular flexibility index (Phi) is 4.39. The van der Waals surface area contributed by atoms with Crippen molar-refractivity contribution in [2.24, 2.45) is 11.8 Å². The van der Waals surface area contributed by atoms with E-state index in [4.69, 9.17) is 4.74 Å². The average Bonchev–Trinajstić information content (AvgIpc) is 2.19. The van der Waals surface area contributed by atoms with E-state index in [-0.39, 0.29) is 12.0 Å². The highest BCUT2D eigenvalue weighted by molar-refractivity contribution is 5.74. The molecule has 122 valence electrons. The zero-order valence-corrected chi connectivity index (χ0v) is 14.5. The second kappa shape index (κ2) is 5.18. The predicted octanol–water partition coefficient (Wildman–Crippen LogP) is 3.52. The minimum Gasteiger partial charge on any atom is -0.481 e. The summed E-state index contributed by atoms with van der Waals surface area (Å²) in [6.07, 6.45) is 0.0415. The summed E-state index contributed by atoms with van der Waals surface area (Å²) in [4.78, 5) is 25.9. The highest BCUT2D eigenvalue weighted by Gasteiger charge is 2.54. The number of carbonyl (C=O) groups is 2. The second-order valence-electron chi connectivity index (χ2n) is 8.22. The number of carbonyl (C=O) groups excluding carboxylic acids is 1. The van der Waals surface area contributed by atoms with Crippen LogP contribution in [0, 0.1) is 11.8 Å². The number of ether oxygens (including phenoxy) is 1. The number of carboxylic acid groups (broad SMARTS) is 1. The molecule has 1 aliphatic rings. The van der Waals surface area contributed by atoms with Crippen LogP contribution in [-0.4, -0.2) is 38.7 Å². The SMILES string of the molecule is CC1C(C(=O)O)CC(C)(C)N(C(=O)OC(C)(C)C)C1(C)C.